The topological polar surface area (TPSA) is 68.8 Å². The number of benzene rings is 8. The summed E-state index contributed by atoms with van der Waals surface area (Å²) in [6.07, 6.45) is 4.39. The molecule has 2 unspecified atom stereocenters. The largest absolute Gasteiger partial charge is 0.505 e. The summed E-state index contributed by atoms with van der Waals surface area (Å²) in [6.45, 7) is 5.25. The monoisotopic (exact) mass is 1050 g/mol. The van der Waals surface area contributed by atoms with Gasteiger partial charge in [0.15, 0.2) is 0 Å². The summed E-state index contributed by atoms with van der Waals surface area (Å²) >= 11 is 0. The van der Waals surface area contributed by atoms with E-state index in [4.69, 9.17) is 9.47 Å². The number of phenols is 2. The van der Waals surface area contributed by atoms with Gasteiger partial charge >= 0.3 is 0 Å². The van der Waals surface area contributed by atoms with E-state index < -0.39 is 0 Å². The molecule has 2 N–H and O–H groups in total. The van der Waals surface area contributed by atoms with Crippen LogP contribution in [0.2, 0.25) is 0 Å². The van der Waals surface area contributed by atoms with Gasteiger partial charge in [0.25, 0.3) is 0 Å². The van der Waals surface area contributed by atoms with Crippen molar-refractivity contribution >= 4 is 43.6 Å². The normalized spacial score (nSPS) is 14.7. The summed E-state index contributed by atoms with van der Waals surface area (Å²) in [5, 5.41) is 29.0. The molecule has 0 saturated heterocycles. The molecular formula is C60H56HfN2O4-2. The second-order valence-electron chi connectivity index (χ2n) is 17.5. The van der Waals surface area contributed by atoms with Gasteiger partial charge in [-0.2, -0.15) is 0 Å². The van der Waals surface area contributed by atoms with Gasteiger partial charge in [-0.15, -0.1) is 0 Å². The molecule has 6 nitrogen and oxygen atoms in total. The smallest absolute Gasteiger partial charge is 0.147 e. The van der Waals surface area contributed by atoms with Crippen LogP contribution in [0, 0.1) is 40.5 Å². The fourth-order valence-electron chi connectivity index (χ4n) is 10.4. The van der Waals surface area contributed by atoms with Gasteiger partial charge in [-0.3, -0.25) is 0 Å². The van der Waals surface area contributed by atoms with Gasteiger partial charge in [-0.1, -0.05) is 122 Å². The maximum Gasteiger partial charge on any atom is 0.147 e. The van der Waals surface area contributed by atoms with Crippen LogP contribution in [0.1, 0.15) is 36.8 Å². The first-order chi connectivity index (χ1) is 31.4. The van der Waals surface area contributed by atoms with Gasteiger partial charge < -0.3 is 43.7 Å². The van der Waals surface area contributed by atoms with Crippen LogP contribution < -0.4 is 9.47 Å². The van der Waals surface area contributed by atoms with Crippen LogP contribution in [-0.4, -0.2) is 32.6 Å². The first-order valence-corrected chi connectivity index (χ1v) is 22.5. The van der Waals surface area contributed by atoms with Crippen molar-refractivity contribution in [1.82, 2.24) is 9.13 Å². The Balaban J connectivity index is 0.00000203. The molecule has 1 aliphatic rings. The molecule has 11 rings (SSSR count). The first-order valence-electron chi connectivity index (χ1n) is 22.5. The molecule has 1 aliphatic carbocycles. The summed E-state index contributed by atoms with van der Waals surface area (Å²) in [7, 11) is 0. The molecule has 8 aromatic carbocycles. The van der Waals surface area contributed by atoms with Gasteiger partial charge in [0.2, 0.25) is 0 Å². The molecule has 0 spiro atoms. The molecule has 0 amide bonds. The maximum atomic E-state index is 12.2. The van der Waals surface area contributed by atoms with Crippen molar-refractivity contribution in [1.29, 1.82) is 0 Å². The number of aromatic nitrogens is 2. The first kappa shape index (κ1) is 46.9. The Hall–Kier alpha value is -6.57. The van der Waals surface area contributed by atoms with Crippen LogP contribution in [0.5, 0.6) is 23.0 Å². The zero-order valence-electron chi connectivity index (χ0n) is 38.7. The summed E-state index contributed by atoms with van der Waals surface area (Å²) < 4.78 is 18.0. The molecule has 2 atom stereocenters. The Labute approximate surface area is 412 Å². The van der Waals surface area contributed by atoms with E-state index in [1.807, 2.05) is 48.5 Å². The number of fused-ring (bicyclic) bond motifs is 6. The zero-order valence-corrected chi connectivity index (χ0v) is 42.3. The molecule has 2 heterocycles. The summed E-state index contributed by atoms with van der Waals surface area (Å²) in [5.74, 6) is 2.50. The van der Waals surface area contributed by atoms with E-state index in [9.17, 15) is 10.2 Å². The minimum absolute atomic E-state index is 0. The van der Waals surface area contributed by atoms with Crippen molar-refractivity contribution in [2.24, 2.45) is 11.8 Å². The number of nitrogens with zero attached hydrogens (tertiary/aromatic N) is 2. The maximum absolute atomic E-state index is 12.2. The fraction of sp³-hybridized carbons (Fsp3) is 0.167. The van der Waals surface area contributed by atoms with E-state index in [-0.39, 0.29) is 64.0 Å². The van der Waals surface area contributed by atoms with E-state index >= 15 is 0 Å². The Bertz CT molecular complexity index is 3050. The molecule has 67 heavy (non-hydrogen) atoms. The summed E-state index contributed by atoms with van der Waals surface area (Å²) in [5.41, 5.74) is 11.0. The third-order valence-electron chi connectivity index (χ3n) is 13.4. The van der Waals surface area contributed by atoms with E-state index in [2.05, 4.69) is 144 Å². The SMILES string of the molecule is Cc1cc(-c2ccccc2OCC2CCCCC2COc2ccccc2-c2cc(C)cc(-n3c4ccccc4c4ccccc43)c2O)c(O)c(-n2c3ccccc3c3ccccc32)c1.[CH3-].[CH3-].[Hf]. The minimum atomic E-state index is 0. The molecular weight excluding hydrogens is 991 g/mol. The molecule has 336 valence electrons. The van der Waals surface area contributed by atoms with Gasteiger partial charge in [-0.05, 0) is 110 Å². The number of phenolic OH excluding ortho intramolecular Hbond substituents is 2. The van der Waals surface area contributed by atoms with Crippen molar-refractivity contribution in [2.75, 3.05) is 13.2 Å². The third kappa shape index (κ3) is 8.44. The van der Waals surface area contributed by atoms with Crippen molar-refractivity contribution in [3.05, 3.63) is 196 Å². The Morgan fingerprint density at radius 3 is 1.10 bits per heavy atom. The molecule has 0 bridgehead atoms. The Kier molecular flexibility index (Phi) is 13.8. The van der Waals surface area contributed by atoms with E-state index in [0.29, 0.717) is 13.2 Å². The van der Waals surface area contributed by atoms with Crippen molar-refractivity contribution < 1.29 is 45.5 Å². The predicted molar refractivity (Wildman–Crippen MR) is 275 cm³/mol. The van der Waals surface area contributed by atoms with Crippen molar-refractivity contribution in [3.63, 3.8) is 0 Å². The standard InChI is InChI=1S/C58H50N2O4.2CH3.Hf/c1-37-31-47(57(61)53(33-37)59-49-25-11-5-19-41(49)42-20-6-12-26-50(42)59)45-23-9-15-29-55(45)63-35-39-17-3-4-18-40(39)36-64-56-30-16-10-24-46(56)48-32-38(2)34-54(58(48)62)60-51-27-13-7-21-43(51)44-22-8-14-28-52(44)60;;;/h5-16,19-34,39-40,61-62H,3-4,17-18,35-36H2,1-2H3;2*1H3;/q;2*-1;. The van der Waals surface area contributed by atoms with Crippen LogP contribution in [-0.2, 0) is 25.8 Å². The molecule has 1 fully saturated rings. The van der Waals surface area contributed by atoms with Crippen LogP contribution in [0.4, 0.5) is 0 Å². The van der Waals surface area contributed by atoms with Gasteiger partial charge in [0.1, 0.15) is 23.0 Å². The third-order valence-corrected chi connectivity index (χ3v) is 13.4. The number of aromatic hydroxyl groups is 2. The van der Waals surface area contributed by atoms with Crippen molar-refractivity contribution in [2.45, 2.75) is 39.5 Å². The number of hydrogen-bond acceptors (Lipinski definition) is 4. The van der Waals surface area contributed by atoms with Crippen LogP contribution in [0.25, 0.3) is 77.2 Å². The zero-order chi connectivity index (χ0) is 43.3. The number of ether oxygens (including phenoxy) is 2. The molecule has 2 aromatic heterocycles. The van der Waals surface area contributed by atoms with E-state index in [0.717, 1.165) is 126 Å². The van der Waals surface area contributed by atoms with E-state index in [1.54, 1.807) is 0 Å². The molecule has 7 heteroatoms. The van der Waals surface area contributed by atoms with E-state index in [1.165, 1.54) is 0 Å². The minimum Gasteiger partial charge on any atom is -0.505 e. The van der Waals surface area contributed by atoms with Crippen LogP contribution >= 0.6 is 0 Å². The number of hydrogen-bond donors (Lipinski definition) is 2. The van der Waals surface area contributed by atoms with Crippen molar-refractivity contribution in [3.8, 4) is 56.6 Å². The molecule has 1 saturated carbocycles. The van der Waals surface area contributed by atoms with Gasteiger partial charge in [0, 0.05) is 69.6 Å². The fourth-order valence-corrected chi connectivity index (χ4v) is 10.4. The Morgan fingerprint density at radius 2 is 0.746 bits per heavy atom. The molecule has 0 aliphatic heterocycles. The second-order valence-corrected chi connectivity index (χ2v) is 17.5. The average molecular weight is 1050 g/mol. The van der Waals surface area contributed by atoms with Gasteiger partial charge in [-0.25, -0.2) is 0 Å². The second kappa shape index (κ2) is 19.7. The predicted octanol–water partition coefficient (Wildman–Crippen LogP) is 15.4. The van der Waals surface area contributed by atoms with Gasteiger partial charge in [0.05, 0.1) is 46.7 Å². The van der Waals surface area contributed by atoms with Crippen LogP contribution in [0.3, 0.4) is 0 Å². The summed E-state index contributed by atoms with van der Waals surface area (Å²) in [4.78, 5) is 0. The number of rotatable bonds is 10. The van der Waals surface area contributed by atoms with Crippen LogP contribution in [0.15, 0.2) is 170 Å². The Morgan fingerprint density at radius 1 is 0.433 bits per heavy atom. The summed E-state index contributed by atoms with van der Waals surface area (Å²) in [6, 6.07) is 57.9. The molecule has 0 radical (unpaired) electrons. The quantitative estimate of drug-likeness (QED) is 0.106. The number of aryl methyl sites for hydroxylation is 2. The molecule has 10 aromatic rings. The average Bonchev–Trinajstić information content (AvgIpc) is 3.85. The number of para-hydroxylation sites is 6.